The second-order valence-electron chi connectivity index (χ2n) is 8.32. The number of non-ortho nitro benzene ring substituents is 1. The SMILES string of the molecule is CCOC(Cc1ccc(OCCN(CCOCC(C)(F)F)C(=O)Nc2ccc([N+](=O)[O-])cc2)cc1)C(=O)O. The van der Waals surface area contributed by atoms with Crippen molar-refractivity contribution in [2.75, 3.05) is 44.8 Å². The monoisotopic (exact) mass is 539 g/mol. The number of rotatable bonds is 16. The number of hydrogen-bond acceptors (Lipinski definition) is 7. The summed E-state index contributed by atoms with van der Waals surface area (Å²) in [4.78, 5) is 35.6. The Kier molecular flexibility index (Phi) is 11.8. The standard InChI is InChI=1S/C25H31F2N3O8/c1-3-37-22(23(31)32)16-18-4-10-21(11-5-18)38-15-13-29(12-14-36-17-25(2,26)27)24(33)28-19-6-8-20(9-7-19)30(34)35/h4-11,22H,3,12-17H2,1-2H3,(H,28,33)(H,31,32). The number of benzene rings is 2. The van der Waals surface area contributed by atoms with Crippen LogP contribution >= 0.6 is 0 Å². The van der Waals surface area contributed by atoms with Crippen LogP contribution in [0.2, 0.25) is 0 Å². The van der Waals surface area contributed by atoms with E-state index in [0.29, 0.717) is 11.4 Å². The van der Waals surface area contributed by atoms with Crippen molar-refractivity contribution in [2.45, 2.75) is 32.3 Å². The molecule has 2 amide bonds. The van der Waals surface area contributed by atoms with Crippen molar-refractivity contribution in [1.82, 2.24) is 4.90 Å². The Morgan fingerprint density at radius 1 is 1.11 bits per heavy atom. The van der Waals surface area contributed by atoms with Gasteiger partial charge in [0.25, 0.3) is 11.6 Å². The zero-order valence-electron chi connectivity index (χ0n) is 21.1. The van der Waals surface area contributed by atoms with E-state index in [1.165, 1.54) is 29.2 Å². The quantitative estimate of drug-likeness (QED) is 0.184. The van der Waals surface area contributed by atoms with E-state index in [-0.39, 0.29) is 45.0 Å². The number of amides is 2. The van der Waals surface area contributed by atoms with Gasteiger partial charge in [0.15, 0.2) is 6.10 Å². The lowest BCUT2D eigenvalue weighted by molar-refractivity contribution is -0.384. The minimum atomic E-state index is -3.01. The molecule has 0 saturated heterocycles. The van der Waals surface area contributed by atoms with Gasteiger partial charge in [-0.2, -0.15) is 0 Å². The number of carbonyl (C=O) groups is 2. The molecule has 0 bridgehead atoms. The molecule has 208 valence electrons. The second kappa shape index (κ2) is 14.8. The van der Waals surface area contributed by atoms with Crippen molar-refractivity contribution < 1.29 is 42.6 Å². The summed E-state index contributed by atoms with van der Waals surface area (Å²) in [6, 6.07) is 11.4. The summed E-state index contributed by atoms with van der Waals surface area (Å²) in [5.41, 5.74) is 0.923. The van der Waals surface area contributed by atoms with E-state index < -0.39 is 35.6 Å². The molecule has 1 unspecified atom stereocenters. The number of nitro benzene ring substituents is 1. The van der Waals surface area contributed by atoms with E-state index in [9.17, 15) is 33.6 Å². The number of alkyl halides is 2. The highest BCUT2D eigenvalue weighted by molar-refractivity contribution is 5.89. The summed E-state index contributed by atoms with van der Waals surface area (Å²) >= 11 is 0. The van der Waals surface area contributed by atoms with Crippen LogP contribution in [0.15, 0.2) is 48.5 Å². The molecule has 11 nitrogen and oxygen atoms in total. The third-order valence-electron chi connectivity index (χ3n) is 5.10. The fraction of sp³-hybridized carbons (Fsp3) is 0.440. The number of urea groups is 1. The fourth-order valence-electron chi connectivity index (χ4n) is 3.24. The van der Waals surface area contributed by atoms with Gasteiger partial charge in [0.2, 0.25) is 0 Å². The van der Waals surface area contributed by atoms with E-state index in [4.69, 9.17) is 14.2 Å². The summed E-state index contributed by atoms with van der Waals surface area (Å²) in [6.07, 6.45) is -0.763. The Balaban J connectivity index is 1.95. The fourth-order valence-corrected chi connectivity index (χ4v) is 3.24. The smallest absolute Gasteiger partial charge is 0.333 e. The van der Waals surface area contributed by atoms with E-state index in [0.717, 1.165) is 12.5 Å². The molecule has 2 N–H and O–H groups in total. The number of carboxylic acid groups (broad SMARTS) is 1. The molecule has 0 spiro atoms. The van der Waals surface area contributed by atoms with Crippen LogP contribution in [0, 0.1) is 10.1 Å². The first-order valence-electron chi connectivity index (χ1n) is 11.8. The number of nitrogens with one attached hydrogen (secondary N) is 1. The summed E-state index contributed by atoms with van der Waals surface area (Å²) in [7, 11) is 0. The van der Waals surface area contributed by atoms with E-state index in [1.54, 1.807) is 31.2 Å². The van der Waals surface area contributed by atoms with Crippen LogP contribution in [0.1, 0.15) is 19.4 Å². The zero-order chi connectivity index (χ0) is 28.1. The molecule has 2 aromatic rings. The molecule has 38 heavy (non-hydrogen) atoms. The number of halogens is 2. The maximum Gasteiger partial charge on any atom is 0.333 e. The largest absolute Gasteiger partial charge is 0.492 e. The molecular formula is C25H31F2N3O8. The van der Waals surface area contributed by atoms with Crippen molar-refractivity contribution in [3.63, 3.8) is 0 Å². The predicted molar refractivity (Wildman–Crippen MR) is 134 cm³/mol. The average molecular weight is 540 g/mol. The van der Waals surface area contributed by atoms with Gasteiger partial charge in [-0.25, -0.2) is 18.4 Å². The number of aliphatic carboxylic acids is 1. The Morgan fingerprint density at radius 2 is 1.74 bits per heavy atom. The van der Waals surface area contributed by atoms with Crippen molar-refractivity contribution in [3.8, 4) is 5.75 Å². The Bertz CT molecular complexity index is 1050. The highest BCUT2D eigenvalue weighted by atomic mass is 19.3. The van der Waals surface area contributed by atoms with Crippen LogP contribution in [0.5, 0.6) is 5.75 Å². The summed E-state index contributed by atoms with van der Waals surface area (Å²) < 4.78 is 41.9. The number of hydrogen-bond donors (Lipinski definition) is 2. The van der Waals surface area contributed by atoms with E-state index >= 15 is 0 Å². The first kappa shape index (κ1) is 30.4. The molecule has 0 fully saturated rings. The lowest BCUT2D eigenvalue weighted by Gasteiger charge is -2.23. The van der Waals surface area contributed by atoms with Gasteiger partial charge in [0, 0.05) is 44.3 Å². The highest BCUT2D eigenvalue weighted by Gasteiger charge is 2.22. The first-order valence-corrected chi connectivity index (χ1v) is 11.8. The van der Waals surface area contributed by atoms with Gasteiger partial charge in [-0.15, -0.1) is 0 Å². The van der Waals surface area contributed by atoms with E-state index in [1.807, 2.05) is 0 Å². The maximum absolute atomic E-state index is 13.0. The molecule has 0 aliphatic carbocycles. The van der Waals surface area contributed by atoms with Gasteiger partial charge >= 0.3 is 12.0 Å². The lowest BCUT2D eigenvalue weighted by atomic mass is 10.1. The van der Waals surface area contributed by atoms with Crippen molar-refractivity contribution in [3.05, 3.63) is 64.2 Å². The van der Waals surface area contributed by atoms with Gasteiger partial charge in [0.05, 0.1) is 18.1 Å². The molecule has 0 aliphatic heterocycles. The number of carboxylic acids is 1. The van der Waals surface area contributed by atoms with Crippen molar-refractivity contribution >= 4 is 23.4 Å². The highest BCUT2D eigenvalue weighted by Crippen LogP contribution is 2.17. The second-order valence-corrected chi connectivity index (χ2v) is 8.32. The van der Waals surface area contributed by atoms with Gasteiger partial charge in [0.1, 0.15) is 19.0 Å². The lowest BCUT2D eigenvalue weighted by Crippen LogP contribution is -2.40. The number of carbonyl (C=O) groups excluding carboxylic acids is 1. The van der Waals surface area contributed by atoms with Crippen LogP contribution in [0.4, 0.5) is 25.0 Å². The predicted octanol–water partition coefficient (Wildman–Crippen LogP) is 4.21. The number of ether oxygens (including phenoxy) is 3. The molecule has 2 rings (SSSR count). The molecule has 13 heteroatoms. The molecule has 0 aliphatic rings. The Labute approximate surface area is 218 Å². The van der Waals surface area contributed by atoms with E-state index in [2.05, 4.69) is 5.32 Å². The van der Waals surface area contributed by atoms with Crippen LogP contribution in [0.3, 0.4) is 0 Å². The van der Waals surface area contributed by atoms with Gasteiger partial charge in [-0.05, 0) is 36.8 Å². The molecule has 2 aromatic carbocycles. The van der Waals surface area contributed by atoms with Crippen LogP contribution < -0.4 is 10.1 Å². The zero-order valence-corrected chi connectivity index (χ0v) is 21.1. The number of nitrogens with zero attached hydrogens (tertiary/aromatic N) is 2. The maximum atomic E-state index is 13.0. The summed E-state index contributed by atoms with van der Waals surface area (Å²) in [6.45, 7) is 1.92. The van der Waals surface area contributed by atoms with Crippen LogP contribution in [0.25, 0.3) is 0 Å². The Hall–Kier alpha value is -3.84. The van der Waals surface area contributed by atoms with Crippen molar-refractivity contribution in [2.24, 2.45) is 0 Å². The third-order valence-corrected chi connectivity index (χ3v) is 5.10. The number of nitro groups is 1. The topological polar surface area (TPSA) is 140 Å². The third kappa shape index (κ3) is 11.0. The molecular weight excluding hydrogens is 508 g/mol. The summed E-state index contributed by atoms with van der Waals surface area (Å²) in [5.74, 6) is -3.57. The first-order chi connectivity index (χ1) is 18.0. The molecule has 0 saturated carbocycles. The van der Waals surface area contributed by atoms with Gasteiger partial charge in [-0.3, -0.25) is 10.1 Å². The minimum absolute atomic E-state index is 0.00873. The molecule has 0 radical (unpaired) electrons. The molecule has 1 atom stereocenters. The van der Waals surface area contributed by atoms with Gasteiger partial charge in [-0.1, -0.05) is 12.1 Å². The van der Waals surface area contributed by atoms with Crippen LogP contribution in [-0.2, 0) is 20.7 Å². The van der Waals surface area contributed by atoms with Crippen molar-refractivity contribution in [1.29, 1.82) is 0 Å². The Morgan fingerprint density at radius 3 is 2.29 bits per heavy atom. The molecule has 0 heterocycles. The number of anilines is 1. The summed E-state index contributed by atoms with van der Waals surface area (Å²) in [5, 5.41) is 22.6. The van der Waals surface area contributed by atoms with Crippen LogP contribution in [-0.4, -0.2) is 78.5 Å². The minimum Gasteiger partial charge on any atom is -0.492 e. The van der Waals surface area contributed by atoms with Gasteiger partial charge < -0.3 is 29.5 Å². The molecule has 0 aromatic heterocycles. The normalized spacial score (nSPS) is 12.0. The average Bonchev–Trinajstić information content (AvgIpc) is 2.85.